The van der Waals surface area contributed by atoms with Crippen LogP contribution in [0.15, 0.2) is 18.2 Å². The SMILES string of the molecule is COc1cccc2c1C(=O)c1c(O)c3c(c(O)c1C2=O)CC(O)(C(=O)CO)CC3OC1CC(N)C(I)C(C)O1.Cl. The fourth-order valence-corrected chi connectivity index (χ4v) is 6.20. The number of benzene rings is 2. The number of alkyl halides is 1. The molecule has 0 amide bonds. The molecule has 0 saturated carbocycles. The molecule has 1 heterocycles. The van der Waals surface area contributed by atoms with Crippen molar-refractivity contribution in [1.29, 1.82) is 0 Å². The van der Waals surface area contributed by atoms with Gasteiger partial charge in [0.25, 0.3) is 0 Å². The molecule has 0 radical (unpaired) electrons. The Labute approximate surface area is 249 Å². The van der Waals surface area contributed by atoms with Gasteiger partial charge in [-0.3, -0.25) is 14.4 Å². The summed E-state index contributed by atoms with van der Waals surface area (Å²) in [5.41, 5.74) is 2.89. The van der Waals surface area contributed by atoms with Crippen LogP contribution in [0.4, 0.5) is 0 Å². The number of phenolic OH excluding ortho intramolecular Hbond substituents is 2. The average molecular weight is 690 g/mol. The smallest absolute Gasteiger partial charge is 0.202 e. The van der Waals surface area contributed by atoms with Crippen LogP contribution < -0.4 is 10.5 Å². The molecule has 2 aromatic carbocycles. The van der Waals surface area contributed by atoms with Gasteiger partial charge in [0, 0.05) is 42.0 Å². The minimum atomic E-state index is -2.19. The van der Waals surface area contributed by atoms with Crippen molar-refractivity contribution in [2.75, 3.05) is 13.7 Å². The van der Waals surface area contributed by atoms with Crippen molar-refractivity contribution in [2.24, 2.45) is 5.73 Å². The summed E-state index contributed by atoms with van der Waals surface area (Å²) in [5.74, 6) is -3.57. The number of carbonyl (C=O) groups is 3. The highest BCUT2D eigenvalue weighted by molar-refractivity contribution is 14.1. The number of hydrogen-bond acceptors (Lipinski definition) is 11. The second-order valence-corrected chi connectivity index (χ2v) is 11.6. The highest BCUT2D eigenvalue weighted by Crippen LogP contribution is 2.52. The fourth-order valence-electron chi connectivity index (χ4n) is 5.74. The Kier molecular flexibility index (Phi) is 8.54. The first-order valence-electron chi connectivity index (χ1n) is 12.4. The Morgan fingerprint density at radius 2 is 1.85 bits per heavy atom. The summed E-state index contributed by atoms with van der Waals surface area (Å²) in [6.45, 7) is 0.834. The van der Waals surface area contributed by atoms with Gasteiger partial charge in [-0.05, 0) is 13.0 Å². The Bertz CT molecular complexity index is 1390. The second-order valence-electron chi connectivity index (χ2n) is 10.1. The molecule has 6 N–H and O–H groups in total. The molecule has 1 saturated heterocycles. The third kappa shape index (κ3) is 4.68. The number of rotatable bonds is 5. The summed E-state index contributed by atoms with van der Waals surface area (Å²) in [6, 6.07) is 4.12. The van der Waals surface area contributed by atoms with Crippen molar-refractivity contribution in [2.45, 2.75) is 60.3 Å². The van der Waals surface area contributed by atoms with E-state index in [0.717, 1.165) is 0 Å². The molecule has 13 heteroatoms. The van der Waals surface area contributed by atoms with E-state index in [9.17, 15) is 34.8 Å². The minimum Gasteiger partial charge on any atom is -0.507 e. The van der Waals surface area contributed by atoms with Crippen LogP contribution in [0.25, 0.3) is 0 Å². The van der Waals surface area contributed by atoms with Gasteiger partial charge >= 0.3 is 0 Å². The lowest BCUT2D eigenvalue weighted by molar-refractivity contribution is -0.222. The summed E-state index contributed by atoms with van der Waals surface area (Å²) in [6.07, 6.45) is -3.14. The predicted molar refractivity (Wildman–Crippen MR) is 151 cm³/mol. The van der Waals surface area contributed by atoms with Crippen molar-refractivity contribution in [3.05, 3.63) is 51.6 Å². The molecular formula is C27H29ClINO10. The molecule has 6 atom stereocenters. The molecular weight excluding hydrogens is 661 g/mol. The van der Waals surface area contributed by atoms with E-state index in [1.54, 1.807) is 0 Å². The van der Waals surface area contributed by atoms with Crippen LogP contribution in [0.2, 0.25) is 0 Å². The molecule has 5 rings (SSSR count). The highest BCUT2D eigenvalue weighted by atomic mass is 127. The van der Waals surface area contributed by atoms with Crippen LogP contribution in [-0.2, 0) is 20.7 Å². The zero-order valence-electron chi connectivity index (χ0n) is 21.5. The zero-order chi connectivity index (χ0) is 28.4. The van der Waals surface area contributed by atoms with E-state index in [1.807, 2.05) is 6.92 Å². The number of fused-ring (bicyclic) bond motifs is 3. The molecule has 1 aliphatic heterocycles. The first-order chi connectivity index (χ1) is 18.4. The zero-order valence-corrected chi connectivity index (χ0v) is 24.5. The van der Waals surface area contributed by atoms with Crippen LogP contribution in [-0.4, -0.2) is 79.5 Å². The van der Waals surface area contributed by atoms with Crippen molar-refractivity contribution >= 4 is 52.3 Å². The van der Waals surface area contributed by atoms with Gasteiger partial charge in [-0.1, -0.05) is 34.7 Å². The standard InChI is InChI=1S/C27H28INO10.ClH/c1-10-22(28)13(29)6-17(38-10)39-15-8-27(36,16(31)9-30)7-12-19(15)26(35)21-20(24(12)33)23(32)11-4-3-5-14(37-2)18(11)25(21)34;/h3-5,10,13,15,17,22,30,33,35-36H,6-9,29H2,1-2H3;1H. The maximum Gasteiger partial charge on any atom is 0.202 e. The van der Waals surface area contributed by atoms with Crippen LogP contribution in [0.5, 0.6) is 17.2 Å². The number of phenols is 2. The van der Waals surface area contributed by atoms with Crippen LogP contribution >= 0.6 is 35.0 Å². The third-order valence-corrected chi connectivity index (χ3v) is 9.68. The lowest BCUT2D eigenvalue weighted by Gasteiger charge is -2.42. The van der Waals surface area contributed by atoms with E-state index >= 15 is 0 Å². The summed E-state index contributed by atoms with van der Waals surface area (Å²) in [5, 5.41) is 43.7. The maximum atomic E-state index is 13.7. The first-order valence-corrected chi connectivity index (χ1v) is 13.6. The van der Waals surface area contributed by atoms with Gasteiger partial charge in [-0.25, -0.2) is 0 Å². The Balaban J connectivity index is 0.00000370. The van der Waals surface area contributed by atoms with E-state index in [-0.39, 0.29) is 62.9 Å². The predicted octanol–water partition coefficient (Wildman–Crippen LogP) is 1.87. The van der Waals surface area contributed by atoms with Crippen LogP contribution in [0, 0.1) is 0 Å². The molecule has 2 aromatic rings. The van der Waals surface area contributed by atoms with Crippen LogP contribution in [0.1, 0.15) is 68.8 Å². The van der Waals surface area contributed by atoms with Gasteiger partial charge in [-0.2, -0.15) is 0 Å². The van der Waals surface area contributed by atoms with E-state index in [0.29, 0.717) is 0 Å². The normalized spacial score (nSPS) is 29.1. The number of nitrogens with two attached hydrogens (primary N) is 1. The summed E-state index contributed by atoms with van der Waals surface area (Å²) in [4.78, 5) is 39.8. The molecule has 11 nitrogen and oxygen atoms in total. The molecule has 0 aromatic heterocycles. The van der Waals surface area contributed by atoms with Gasteiger partial charge in [0.2, 0.25) is 5.78 Å². The minimum absolute atomic E-state index is 0. The van der Waals surface area contributed by atoms with Crippen molar-refractivity contribution in [3.63, 3.8) is 0 Å². The molecule has 3 aliphatic rings. The molecule has 0 bridgehead atoms. The van der Waals surface area contributed by atoms with E-state index in [1.165, 1.54) is 25.3 Å². The van der Waals surface area contributed by atoms with E-state index < -0.39 is 77.4 Å². The quantitative estimate of drug-likeness (QED) is 0.150. The van der Waals surface area contributed by atoms with Crippen LogP contribution in [0.3, 0.4) is 0 Å². The summed E-state index contributed by atoms with van der Waals surface area (Å²) < 4.78 is 17.4. The topological polar surface area (TPSA) is 186 Å². The molecule has 2 aliphatic carbocycles. The van der Waals surface area contributed by atoms with Crippen molar-refractivity contribution < 1.29 is 49.0 Å². The monoisotopic (exact) mass is 689 g/mol. The number of carbonyl (C=O) groups excluding carboxylic acids is 3. The number of ketones is 3. The van der Waals surface area contributed by atoms with Gasteiger partial charge in [0.1, 0.15) is 29.5 Å². The number of hydrogen-bond donors (Lipinski definition) is 5. The van der Waals surface area contributed by atoms with Gasteiger partial charge in [0.15, 0.2) is 17.9 Å². The first kappa shape index (κ1) is 30.6. The van der Waals surface area contributed by atoms with Crippen molar-refractivity contribution in [1.82, 2.24) is 0 Å². The Morgan fingerprint density at radius 3 is 2.48 bits per heavy atom. The summed E-state index contributed by atoms with van der Waals surface area (Å²) in [7, 11) is 1.34. The molecule has 0 spiro atoms. The number of aliphatic hydroxyl groups excluding tert-OH is 1. The number of Topliss-reactive ketones (excluding diaryl/α,β-unsaturated/α-hetero) is 1. The molecule has 40 heavy (non-hydrogen) atoms. The number of aliphatic hydroxyl groups is 2. The number of ether oxygens (including phenoxy) is 3. The largest absolute Gasteiger partial charge is 0.507 e. The van der Waals surface area contributed by atoms with Crippen molar-refractivity contribution in [3.8, 4) is 17.2 Å². The van der Waals surface area contributed by atoms with E-state index in [4.69, 9.17) is 19.9 Å². The second kappa shape index (κ2) is 11.2. The van der Waals surface area contributed by atoms with Gasteiger partial charge < -0.3 is 40.4 Å². The van der Waals surface area contributed by atoms with Gasteiger partial charge in [0.05, 0.1) is 39.9 Å². The Morgan fingerprint density at radius 1 is 1.18 bits per heavy atom. The average Bonchev–Trinajstić information content (AvgIpc) is 2.90. The number of aromatic hydroxyl groups is 2. The fraction of sp³-hybridized carbons (Fsp3) is 0.444. The lowest BCUT2D eigenvalue weighted by atomic mass is 9.72. The third-order valence-electron chi connectivity index (χ3n) is 7.74. The molecule has 216 valence electrons. The molecule has 6 unspecified atom stereocenters. The van der Waals surface area contributed by atoms with E-state index in [2.05, 4.69) is 22.6 Å². The Hall–Kier alpha value is -2.33. The van der Waals surface area contributed by atoms with Gasteiger partial charge in [-0.15, -0.1) is 12.4 Å². The lowest BCUT2D eigenvalue weighted by Crippen LogP contribution is -2.51. The number of halogens is 2. The molecule has 1 fully saturated rings. The number of methoxy groups -OCH3 is 1. The summed E-state index contributed by atoms with van der Waals surface area (Å²) >= 11 is 2.18. The highest BCUT2D eigenvalue weighted by Gasteiger charge is 2.50. The maximum absolute atomic E-state index is 13.7.